The first-order valence-electron chi connectivity index (χ1n) is 7.46. The number of rotatable bonds is 5. The van der Waals surface area contributed by atoms with Gasteiger partial charge in [0, 0.05) is 32.3 Å². The molecule has 0 bridgehead atoms. The van der Waals surface area contributed by atoms with Crippen LogP contribution >= 0.6 is 0 Å². The zero-order chi connectivity index (χ0) is 18.6. The van der Waals surface area contributed by atoms with Gasteiger partial charge >= 0.3 is 6.03 Å². The lowest BCUT2D eigenvalue weighted by Gasteiger charge is -2.15. The summed E-state index contributed by atoms with van der Waals surface area (Å²) >= 11 is 0. The highest BCUT2D eigenvalue weighted by molar-refractivity contribution is 6.14. The molecule has 8 heteroatoms. The van der Waals surface area contributed by atoms with Crippen LogP contribution in [0.15, 0.2) is 30.5 Å². The summed E-state index contributed by atoms with van der Waals surface area (Å²) < 4.78 is 18.8. The van der Waals surface area contributed by atoms with Crippen molar-refractivity contribution < 1.29 is 13.9 Å². The van der Waals surface area contributed by atoms with Crippen LogP contribution < -0.4 is 15.4 Å². The van der Waals surface area contributed by atoms with Crippen LogP contribution in [0.4, 0.5) is 20.7 Å². The number of carbonyl (C=O) groups is 1. The van der Waals surface area contributed by atoms with Crippen LogP contribution in [0.3, 0.4) is 0 Å². The topological polar surface area (TPSA) is 90.3 Å². The molecule has 0 atom stereocenters. The van der Waals surface area contributed by atoms with E-state index in [1.54, 1.807) is 33.3 Å². The zero-order valence-corrected chi connectivity index (χ0v) is 14.5. The lowest BCUT2D eigenvalue weighted by Crippen LogP contribution is -2.27. The second-order valence-corrected chi connectivity index (χ2v) is 5.42. The van der Waals surface area contributed by atoms with Crippen molar-refractivity contribution in [2.45, 2.75) is 0 Å². The van der Waals surface area contributed by atoms with Gasteiger partial charge in [0.05, 0.1) is 24.7 Å². The predicted octanol–water partition coefficient (Wildman–Crippen LogP) is 2.78. The van der Waals surface area contributed by atoms with Gasteiger partial charge < -0.3 is 20.3 Å². The Labute approximate surface area is 145 Å². The summed E-state index contributed by atoms with van der Waals surface area (Å²) in [6.45, 7) is 0. The summed E-state index contributed by atoms with van der Waals surface area (Å²) in [6.07, 6.45) is 1.48. The van der Waals surface area contributed by atoms with Gasteiger partial charge in [-0.05, 0) is 24.3 Å². The minimum atomic E-state index is -0.555. The van der Waals surface area contributed by atoms with E-state index in [0.717, 1.165) is 0 Å². The molecule has 3 N–H and O–H groups in total. The number of pyridine rings is 1. The number of carbonyl (C=O) groups excluding carboxylic acids is 1. The lowest BCUT2D eigenvalue weighted by atomic mass is 10.0. The molecule has 2 rings (SSSR count). The molecule has 0 aliphatic carbocycles. The van der Waals surface area contributed by atoms with Crippen LogP contribution in [-0.4, -0.2) is 49.9 Å². The van der Waals surface area contributed by atoms with E-state index in [4.69, 9.17) is 10.1 Å². The standard InChI is InChI=1S/C17H20FN5O2/c1-20-16-12(8-11(9-21-16)22-17(24)23(2)3)15(19)10-5-6-14(25-4)13(18)7-10/h5-9,19H,1-4H3,(H,20,21)(H,22,24). The maximum absolute atomic E-state index is 13.9. The number of nitrogens with one attached hydrogen (secondary N) is 3. The highest BCUT2D eigenvalue weighted by Gasteiger charge is 2.15. The van der Waals surface area contributed by atoms with E-state index in [1.165, 1.54) is 30.3 Å². The number of hydrogen-bond acceptors (Lipinski definition) is 5. The van der Waals surface area contributed by atoms with Gasteiger partial charge in [0.25, 0.3) is 0 Å². The molecular weight excluding hydrogens is 325 g/mol. The molecule has 0 saturated heterocycles. The van der Waals surface area contributed by atoms with Crippen LogP contribution in [0.5, 0.6) is 5.75 Å². The average Bonchev–Trinajstić information content (AvgIpc) is 2.60. The summed E-state index contributed by atoms with van der Waals surface area (Å²) in [6, 6.07) is 5.58. The van der Waals surface area contributed by atoms with Crippen molar-refractivity contribution in [1.82, 2.24) is 9.88 Å². The second kappa shape index (κ2) is 7.61. The molecule has 0 aliphatic rings. The summed E-state index contributed by atoms with van der Waals surface area (Å²) in [7, 11) is 6.29. The molecule has 1 aromatic carbocycles. The Kier molecular flexibility index (Phi) is 5.53. The quantitative estimate of drug-likeness (QED) is 0.727. The molecule has 1 heterocycles. The highest BCUT2D eigenvalue weighted by Crippen LogP contribution is 2.24. The molecule has 0 aliphatic heterocycles. The fourth-order valence-corrected chi connectivity index (χ4v) is 2.14. The van der Waals surface area contributed by atoms with E-state index in [1.807, 2.05) is 0 Å². The maximum Gasteiger partial charge on any atom is 0.321 e. The Balaban J connectivity index is 2.40. The molecule has 1 aromatic heterocycles. The van der Waals surface area contributed by atoms with E-state index in [-0.39, 0.29) is 17.5 Å². The number of anilines is 2. The number of benzene rings is 1. The predicted molar refractivity (Wildman–Crippen MR) is 95.4 cm³/mol. The highest BCUT2D eigenvalue weighted by atomic mass is 19.1. The summed E-state index contributed by atoms with van der Waals surface area (Å²) in [5.41, 5.74) is 1.31. The van der Waals surface area contributed by atoms with E-state index in [2.05, 4.69) is 15.6 Å². The molecule has 0 fully saturated rings. The lowest BCUT2D eigenvalue weighted by molar-refractivity contribution is 0.230. The normalized spacial score (nSPS) is 10.1. The summed E-state index contributed by atoms with van der Waals surface area (Å²) in [5, 5.41) is 14.0. The molecule has 2 aromatic rings. The fourth-order valence-electron chi connectivity index (χ4n) is 2.14. The average molecular weight is 345 g/mol. The van der Waals surface area contributed by atoms with Crippen molar-refractivity contribution in [2.75, 3.05) is 38.9 Å². The molecule has 7 nitrogen and oxygen atoms in total. The van der Waals surface area contributed by atoms with E-state index < -0.39 is 5.82 Å². The largest absolute Gasteiger partial charge is 0.494 e. The van der Waals surface area contributed by atoms with E-state index in [9.17, 15) is 9.18 Å². The van der Waals surface area contributed by atoms with Gasteiger partial charge in [-0.2, -0.15) is 0 Å². The number of halogens is 1. The first-order valence-corrected chi connectivity index (χ1v) is 7.46. The first kappa shape index (κ1) is 18.2. The monoisotopic (exact) mass is 345 g/mol. The van der Waals surface area contributed by atoms with E-state index in [0.29, 0.717) is 22.6 Å². The third-order valence-electron chi connectivity index (χ3n) is 3.49. The van der Waals surface area contributed by atoms with Crippen molar-refractivity contribution in [3.05, 3.63) is 47.4 Å². The number of aromatic nitrogens is 1. The molecule has 0 saturated carbocycles. The van der Waals surface area contributed by atoms with Crippen molar-refractivity contribution in [2.24, 2.45) is 0 Å². The van der Waals surface area contributed by atoms with E-state index >= 15 is 0 Å². The Bertz CT molecular complexity index is 808. The molecule has 0 spiro atoms. The van der Waals surface area contributed by atoms with Gasteiger partial charge in [-0.1, -0.05) is 0 Å². The molecule has 0 radical (unpaired) electrons. The molecule has 25 heavy (non-hydrogen) atoms. The Morgan fingerprint density at radius 1 is 1.32 bits per heavy atom. The minimum absolute atomic E-state index is 0.0688. The Hall–Kier alpha value is -3.16. The molecular formula is C17H20FN5O2. The number of ether oxygens (including phenoxy) is 1. The van der Waals surface area contributed by atoms with Gasteiger partial charge in [0.1, 0.15) is 5.82 Å². The number of nitrogens with zero attached hydrogens (tertiary/aromatic N) is 2. The third-order valence-corrected chi connectivity index (χ3v) is 3.49. The zero-order valence-electron chi connectivity index (χ0n) is 14.5. The van der Waals surface area contributed by atoms with Crippen LogP contribution in [0, 0.1) is 11.2 Å². The molecule has 2 amide bonds. The van der Waals surface area contributed by atoms with Gasteiger partial charge in [-0.3, -0.25) is 5.41 Å². The fraction of sp³-hybridized carbons (Fsp3) is 0.235. The van der Waals surface area contributed by atoms with Crippen LogP contribution in [0.25, 0.3) is 0 Å². The van der Waals surface area contributed by atoms with Crippen molar-refractivity contribution >= 4 is 23.2 Å². The van der Waals surface area contributed by atoms with Gasteiger partial charge in [-0.25, -0.2) is 14.2 Å². The number of hydrogen-bond donors (Lipinski definition) is 3. The first-order chi connectivity index (χ1) is 11.9. The SMILES string of the molecule is CNc1ncc(NC(=O)N(C)C)cc1C(=N)c1ccc(OC)c(F)c1. The van der Waals surface area contributed by atoms with Crippen LogP contribution in [0.1, 0.15) is 11.1 Å². The minimum Gasteiger partial charge on any atom is -0.494 e. The van der Waals surface area contributed by atoms with Crippen LogP contribution in [0.2, 0.25) is 0 Å². The molecule has 132 valence electrons. The summed E-state index contributed by atoms with van der Waals surface area (Å²) in [4.78, 5) is 17.4. The van der Waals surface area contributed by atoms with Gasteiger partial charge in [0.2, 0.25) is 0 Å². The molecule has 0 unspecified atom stereocenters. The summed E-state index contributed by atoms with van der Waals surface area (Å²) in [5.74, 6) is 0.000345. The Morgan fingerprint density at radius 2 is 2.04 bits per heavy atom. The Morgan fingerprint density at radius 3 is 2.60 bits per heavy atom. The maximum atomic E-state index is 13.9. The number of amides is 2. The second-order valence-electron chi connectivity index (χ2n) is 5.42. The van der Waals surface area contributed by atoms with Crippen molar-refractivity contribution in [3.63, 3.8) is 0 Å². The van der Waals surface area contributed by atoms with Gasteiger partial charge in [0.15, 0.2) is 11.6 Å². The van der Waals surface area contributed by atoms with Crippen LogP contribution in [-0.2, 0) is 0 Å². The number of urea groups is 1. The smallest absolute Gasteiger partial charge is 0.321 e. The van der Waals surface area contributed by atoms with Crippen molar-refractivity contribution in [3.8, 4) is 5.75 Å². The van der Waals surface area contributed by atoms with Gasteiger partial charge in [-0.15, -0.1) is 0 Å². The van der Waals surface area contributed by atoms with Crippen molar-refractivity contribution in [1.29, 1.82) is 5.41 Å². The third kappa shape index (κ3) is 4.03. The number of methoxy groups -OCH3 is 1.